The van der Waals surface area contributed by atoms with Crippen LogP contribution in [0.5, 0.6) is 0 Å². The van der Waals surface area contributed by atoms with Gasteiger partial charge in [0.15, 0.2) is 0 Å². The molecule has 1 heterocycles. The van der Waals surface area contributed by atoms with Crippen molar-refractivity contribution in [3.63, 3.8) is 0 Å². The molecule has 0 spiro atoms. The molecule has 0 radical (unpaired) electrons. The predicted octanol–water partition coefficient (Wildman–Crippen LogP) is 6.57. The first-order chi connectivity index (χ1) is 12.0. The number of aromatic nitrogens is 1. The van der Waals surface area contributed by atoms with Crippen LogP contribution in [0.3, 0.4) is 0 Å². The summed E-state index contributed by atoms with van der Waals surface area (Å²) in [6.45, 7) is 4.12. The predicted molar refractivity (Wildman–Crippen MR) is 108 cm³/mol. The molecule has 0 amide bonds. The minimum Gasteiger partial charge on any atom is -0.317 e. The van der Waals surface area contributed by atoms with Crippen molar-refractivity contribution in [2.75, 3.05) is 0 Å². The van der Waals surface area contributed by atoms with Gasteiger partial charge in [-0.3, -0.25) is 0 Å². The maximum atomic E-state index is 9.60. The van der Waals surface area contributed by atoms with Crippen molar-refractivity contribution in [2.24, 2.45) is 0 Å². The third kappa shape index (κ3) is 3.42. The van der Waals surface area contributed by atoms with Gasteiger partial charge in [0.2, 0.25) is 0 Å². The molecule has 0 unspecified atom stereocenters. The number of nitrogens with zero attached hydrogens (tertiary/aromatic N) is 2. The Kier molecular flexibility index (Phi) is 5.13. The third-order valence-corrected chi connectivity index (χ3v) is 5.15. The van der Waals surface area contributed by atoms with Gasteiger partial charge in [0.25, 0.3) is 0 Å². The highest BCUT2D eigenvalue weighted by Crippen LogP contribution is 2.30. The molecule has 4 heteroatoms. The van der Waals surface area contributed by atoms with E-state index in [0.29, 0.717) is 10.6 Å². The fraction of sp³-hybridized carbons (Fsp3) is 0.0952. The highest BCUT2D eigenvalue weighted by molar-refractivity contribution is 9.10. The number of rotatable bonds is 3. The number of allylic oxidation sites excluding steroid dienone is 1. The molecule has 2 aromatic carbocycles. The van der Waals surface area contributed by atoms with Gasteiger partial charge in [-0.15, -0.1) is 0 Å². The minimum atomic E-state index is 0.554. The molecule has 2 nitrogen and oxygen atoms in total. The molecule has 0 aliphatic rings. The van der Waals surface area contributed by atoms with Crippen molar-refractivity contribution >= 4 is 39.2 Å². The Morgan fingerprint density at radius 2 is 1.80 bits per heavy atom. The first kappa shape index (κ1) is 17.5. The molecule has 0 saturated carbocycles. The summed E-state index contributed by atoms with van der Waals surface area (Å²) in [6.07, 6.45) is 1.90. The van der Waals surface area contributed by atoms with Crippen LogP contribution >= 0.6 is 27.5 Å². The van der Waals surface area contributed by atoms with E-state index in [2.05, 4.69) is 52.5 Å². The Morgan fingerprint density at radius 3 is 2.48 bits per heavy atom. The van der Waals surface area contributed by atoms with Crippen LogP contribution in [0.15, 0.2) is 59.1 Å². The molecule has 0 fully saturated rings. The van der Waals surface area contributed by atoms with Gasteiger partial charge < -0.3 is 4.57 Å². The fourth-order valence-electron chi connectivity index (χ4n) is 2.94. The second kappa shape index (κ2) is 7.31. The minimum absolute atomic E-state index is 0.554. The van der Waals surface area contributed by atoms with Crippen molar-refractivity contribution in [1.82, 2.24) is 4.57 Å². The van der Waals surface area contributed by atoms with Crippen molar-refractivity contribution in [3.8, 4) is 11.8 Å². The van der Waals surface area contributed by atoms with Crippen LogP contribution in [0.25, 0.3) is 17.3 Å². The average molecular weight is 412 g/mol. The standard InChI is InChI=1S/C21H16BrClN2/c1-14-11-16(12-17(13-24)18-7-3-5-9-20(18)23)15(2)25(14)21-10-6-4-8-19(21)22/h3-12H,1-2H3. The lowest BCUT2D eigenvalue weighted by atomic mass is 10.0. The van der Waals surface area contributed by atoms with Gasteiger partial charge in [0, 0.05) is 26.4 Å². The number of halogens is 2. The van der Waals surface area contributed by atoms with E-state index in [9.17, 15) is 5.26 Å². The normalized spacial score (nSPS) is 11.4. The van der Waals surface area contributed by atoms with E-state index in [1.165, 1.54) is 0 Å². The summed E-state index contributed by atoms with van der Waals surface area (Å²) >= 11 is 9.87. The summed E-state index contributed by atoms with van der Waals surface area (Å²) in [5.74, 6) is 0. The van der Waals surface area contributed by atoms with Crippen LogP contribution in [-0.2, 0) is 0 Å². The van der Waals surface area contributed by atoms with E-state index in [0.717, 1.165) is 32.7 Å². The molecule has 124 valence electrons. The zero-order valence-corrected chi connectivity index (χ0v) is 16.3. The molecule has 0 bridgehead atoms. The Labute approximate surface area is 161 Å². The molecule has 3 aromatic rings. The quantitative estimate of drug-likeness (QED) is 0.448. The Hall–Kier alpha value is -2.28. The lowest BCUT2D eigenvalue weighted by Gasteiger charge is -2.11. The lowest BCUT2D eigenvalue weighted by molar-refractivity contribution is 0.959. The van der Waals surface area contributed by atoms with E-state index in [1.54, 1.807) is 6.07 Å². The van der Waals surface area contributed by atoms with Gasteiger partial charge in [0.1, 0.15) is 0 Å². The number of nitriles is 1. The third-order valence-electron chi connectivity index (χ3n) is 4.15. The summed E-state index contributed by atoms with van der Waals surface area (Å²) in [6, 6.07) is 19.9. The summed E-state index contributed by atoms with van der Waals surface area (Å²) in [5, 5.41) is 10.2. The molecular formula is C21H16BrClN2. The van der Waals surface area contributed by atoms with Crippen molar-refractivity contribution in [2.45, 2.75) is 13.8 Å². The van der Waals surface area contributed by atoms with E-state index in [1.807, 2.05) is 42.5 Å². The van der Waals surface area contributed by atoms with Crippen LogP contribution in [0.4, 0.5) is 0 Å². The molecule has 0 saturated heterocycles. The fourth-order valence-corrected chi connectivity index (χ4v) is 3.64. The van der Waals surface area contributed by atoms with E-state index in [-0.39, 0.29) is 0 Å². The number of aryl methyl sites for hydroxylation is 1. The molecule has 0 aliphatic carbocycles. The van der Waals surface area contributed by atoms with E-state index >= 15 is 0 Å². The van der Waals surface area contributed by atoms with Crippen LogP contribution < -0.4 is 0 Å². The number of para-hydroxylation sites is 1. The SMILES string of the molecule is Cc1cc(C=C(C#N)c2ccccc2Cl)c(C)n1-c1ccccc1Br. The topological polar surface area (TPSA) is 28.7 Å². The largest absolute Gasteiger partial charge is 0.317 e. The smallest absolute Gasteiger partial charge is 0.0998 e. The number of hydrogen-bond acceptors (Lipinski definition) is 1. The summed E-state index contributed by atoms with van der Waals surface area (Å²) in [5.41, 5.74) is 5.56. The van der Waals surface area contributed by atoms with Gasteiger partial charge >= 0.3 is 0 Å². The summed E-state index contributed by atoms with van der Waals surface area (Å²) in [7, 11) is 0. The van der Waals surface area contributed by atoms with Crippen LogP contribution in [0.2, 0.25) is 5.02 Å². The van der Waals surface area contributed by atoms with Gasteiger partial charge in [-0.1, -0.05) is 41.9 Å². The molecular weight excluding hydrogens is 396 g/mol. The monoisotopic (exact) mass is 410 g/mol. The second-order valence-corrected chi connectivity index (χ2v) is 7.02. The van der Waals surface area contributed by atoms with E-state index < -0.39 is 0 Å². The molecule has 3 rings (SSSR count). The molecule has 0 N–H and O–H groups in total. The lowest BCUT2D eigenvalue weighted by Crippen LogP contribution is -1.99. The molecule has 0 aliphatic heterocycles. The van der Waals surface area contributed by atoms with Crippen LogP contribution in [-0.4, -0.2) is 4.57 Å². The Bertz CT molecular complexity index is 1010. The number of benzene rings is 2. The maximum absolute atomic E-state index is 9.60. The highest BCUT2D eigenvalue weighted by atomic mass is 79.9. The van der Waals surface area contributed by atoms with Crippen molar-refractivity contribution in [3.05, 3.63) is 86.6 Å². The molecule has 25 heavy (non-hydrogen) atoms. The van der Waals surface area contributed by atoms with E-state index in [4.69, 9.17) is 11.6 Å². The first-order valence-corrected chi connectivity index (χ1v) is 9.00. The summed E-state index contributed by atoms with van der Waals surface area (Å²) in [4.78, 5) is 0. The molecule has 1 aromatic heterocycles. The number of hydrogen-bond donors (Lipinski definition) is 0. The summed E-state index contributed by atoms with van der Waals surface area (Å²) < 4.78 is 3.20. The zero-order chi connectivity index (χ0) is 18.0. The van der Waals surface area contributed by atoms with Crippen molar-refractivity contribution < 1.29 is 0 Å². The zero-order valence-electron chi connectivity index (χ0n) is 13.9. The maximum Gasteiger partial charge on any atom is 0.0998 e. The van der Waals surface area contributed by atoms with Gasteiger partial charge in [-0.05, 0) is 65.7 Å². The van der Waals surface area contributed by atoms with Crippen molar-refractivity contribution in [1.29, 1.82) is 5.26 Å². The Morgan fingerprint density at radius 1 is 1.12 bits per heavy atom. The molecule has 0 atom stereocenters. The average Bonchev–Trinajstić information content (AvgIpc) is 2.88. The van der Waals surface area contributed by atoms with Crippen LogP contribution in [0.1, 0.15) is 22.5 Å². The van der Waals surface area contributed by atoms with Crippen LogP contribution in [0, 0.1) is 25.2 Å². The van der Waals surface area contributed by atoms with Gasteiger partial charge in [-0.25, -0.2) is 0 Å². The highest BCUT2D eigenvalue weighted by Gasteiger charge is 2.13. The van der Waals surface area contributed by atoms with Gasteiger partial charge in [0.05, 0.1) is 17.3 Å². The second-order valence-electron chi connectivity index (χ2n) is 5.76. The van der Waals surface area contributed by atoms with Gasteiger partial charge in [-0.2, -0.15) is 5.26 Å². The first-order valence-electron chi connectivity index (χ1n) is 7.83. The Balaban J connectivity index is 2.14.